The van der Waals surface area contributed by atoms with Crippen molar-refractivity contribution in [3.63, 3.8) is 0 Å². The van der Waals surface area contributed by atoms with E-state index >= 15 is 0 Å². The Kier molecular flexibility index (Phi) is 5.56. The van der Waals surface area contributed by atoms with Crippen molar-refractivity contribution in [3.05, 3.63) is 22.2 Å². The van der Waals surface area contributed by atoms with E-state index in [0.29, 0.717) is 5.75 Å². The molecule has 1 aromatic carbocycles. The highest BCUT2D eigenvalue weighted by Gasteiger charge is 2.20. The molecule has 0 amide bonds. The van der Waals surface area contributed by atoms with Gasteiger partial charge in [-0.25, -0.2) is 0 Å². The number of ether oxygens (including phenoxy) is 1. The maximum atomic E-state index is 10.1. The van der Waals surface area contributed by atoms with Crippen LogP contribution in [0.25, 0.3) is 0 Å². The van der Waals surface area contributed by atoms with Crippen molar-refractivity contribution >= 4 is 28.3 Å². The maximum Gasteiger partial charge on any atom is 0.162 e. The maximum absolute atomic E-state index is 10.1. The summed E-state index contributed by atoms with van der Waals surface area (Å²) in [5.74, 6) is 0.779. The second-order valence-corrected chi connectivity index (χ2v) is 4.96. The van der Waals surface area contributed by atoms with Gasteiger partial charge in [0, 0.05) is 16.1 Å². The molecule has 17 heavy (non-hydrogen) atoms. The lowest BCUT2D eigenvalue weighted by Crippen LogP contribution is -2.26. The molecule has 0 radical (unpaired) electrons. The van der Waals surface area contributed by atoms with Crippen LogP contribution in [0.3, 0.4) is 0 Å². The molecule has 1 atom stereocenters. The second kappa shape index (κ2) is 6.47. The molecular weight excluding hydrogens is 305 g/mol. The van der Waals surface area contributed by atoms with Gasteiger partial charge in [-0.1, -0.05) is 22.4 Å². The molecule has 0 spiro atoms. The first kappa shape index (κ1) is 14.6. The molecule has 0 aliphatic carbocycles. The summed E-state index contributed by atoms with van der Waals surface area (Å²) < 4.78 is 6.08. The van der Waals surface area contributed by atoms with E-state index in [4.69, 9.17) is 4.74 Å². The van der Waals surface area contributed by atoms with Crippen LogP contribution in [0.2, 0.25) is 0 Å². The molecule has 2 rings (SSSR count). The highest BCUT2D eigenvalue weighted by atomic mass is 79.9. The van der Waals surface area contributed by atoms with Gasteiger partial charge in [-0.15, -0.1) is 12.4 Å². The lowest BCUT2D eigenvalue weighted by molar-refractivity contribution is 0.354. The SMILES string of the molecule is COc1cc(Br)cc([C@H]2CCCCN2)c1O.Cl. The molecule has 2 N–H and O–H groups in total. The number of hydrogen-bond donors (Lipinski definition) is 2. The Labute approximate surface area is 116 Å². The molecule has 0 unspecified atom stereocenters. The van der Waals surface area contributed by atoms with E-state index in [2.05, 4.69) is 21.2 Å². The summed E-state index contributed by atoms with van der Waals surface area (Å²) in [6.07, 6.45) is 3.47. The molecule has 1 aliphatic heterocycles. The zero-order chi connectivity index (χ0) is 11.5. The minimum Gasteiger partial charge on any atom is -0.504 e. The average molecular weight is 323 g/mol. The Morgan fingerprint density at radius 2 is 2.18 bits per heavy atom. The number of phenols is 1. The van der Waals surface area contributed by atoms with Gasteiger partial charge in [0.25, 0.3) is 0 Å². The Balaban J connectivity index is 0.00000144. The first-order valence-electron chi connectivity index (χ1n) is 5.52. The van der Waals surface area contributed by atoms with E-state index in [0.717, 1.165) is 23.0 Å². The van der Waals surface area contributed by atoms with E-state index in [1.807, 2.05) is 6.07 Å². The topological polar surface area (TPSA) is 41.5 Å². The number of aromatic hydroxyl groups is 1. The minimum absolute atomic E-state index is 0. The van der Waals surface area contributed by atoms with Crippen LogP contribution in [0, 0.1) is 0 Å². The molecule has 96 valence electrons. The van der Waals surface area contributed by atoms with Crippen molar-refractivity contribution in [2.45, 2.75) is 25.3 Å². The Hall–Kier alpha value is -0.450. The number of piperidine rings is 1. The molecule has 5 heteroatoms. The van der Waals surface area contributed by atoms with E-state index in [9.17, 15) is 5.11 Å². The zero-order valence-corrected chi connectivity index (χ0v) is 12.1. The lowest BCUT2D eigenvalue weighted by Gasteiger charge is -2.25. The number of methoxy groups -OCH3 is 1. The Bertz CT molecular complexity index is 381. The quantitative estimate of drug-likeness (QED) is 0.877. The van der Waals surface area contributed by atoms with Crippen LogP contribution in [0.5, 0.6) is 11.5 Å². The van der Waals surface area contributed by atoms with E-state index in [-0.39, 0.29) is 24.2 Å². The van der Waals surface area contributed by atoms with Crippen molar-refractivity contribution < 1.29 is 9.84 Å². The predicted octanol–water partition coefficient (Wildman–Crippen LogP) is 3.40. The number of rotatable bonds is 2. The second-order valence-electron chi connectivity index (χ2n) is 4.05. The highest BCUT2D eigenvalue weighted by Crippen LogP contribution is 2.39. The third kappa shape index (κ3) is 3.27. The molecule has 1 aliphatic rings. The van der Waals surface area contributed by atoms with Crippen LogP contribution in [-0.4, -0.2) is 18.8 Å². The number of phenolic OH excluding ortho intramolecular Hbond substituents is 1. The normalized spacial score (nSPS) is 19.5. The molecule has 0 aromatic heterocycles. The Morgan fingerprint density at radius 1 is 1.41 bits per heavy atom. The summed E-state index contributed by atoms with van der Waals surface area (Å²) in [4.78, 5) is 0. The fourth-order valence-corrected chi connectivity index (χ4v) is 2.59. The largest absolute Gasteiger partial charge is 0.504 e. The summed E-state index contributed by atoms with van der Waals surface area (Å²) in [6, 6.07) is 3.97. The number of hydrogen-bond acceptors (Lipinski definition) is 3. The summed E-state index contributed by atoms with van der Waals surface area (Å²) in [7, 11) is 1.57. The van der Waals surface area contributed by atoms with Gasteiger partial charge >= 0.3 is 0 Å². The van der Waals surface area contributed by atoms with Crippen LogP contribution < -0.4 is 10.1 Å². The van der Waals surface area contributed by atoms with Crippen LogP contribution in [0.15, 0.2) is 16.6 Å². The summed E-state index contributed by atoms with van der Waals surface area (Å²) >= 11 is 3.44. The van der Waals surface area contributed by atoms with Crippen LogP contribution >= 0.6 is 28.3 Å². The van der Waals surface area contributed by atoms with E-state index < -0.39 is 0 Å². The molecule has 1 aromatic rings. The smallest absolute Gasteiger partial charge is 0.162 e. The summed E-state index contributed by atoms with van der Waals surface area (Å²) in [5, 5.41) is 13.5. The average Bonchev–Trinajstić information content (AvgIpc) is 2.33. The monoisotopic (exact) mass is 321 g/mol. The number of nitrogens with one attached hydrogen (secondary N) is 1. The lowest BCUT2D eigenvalue weighted by atomic mass is 9.96. The van der Waals surface area contributed by atoms with E-state index in [1.54, 1.807) is 13.2 Å². The summed E-state index contributed by atoms with van der Waals surface area (Å²) in [5.41, 5.74) is 0.922. The standard InChI is InChI=1S/C12H16BrNO2.ClH/c1-16-11-7-8(13)6-9(12(11)15)10-4-2-3-5-14-10;/h6-7,10,14-15H,2-5H2,1H3;1H/t10-;/m1./s1. The minimum atomic E-state index is 0. The first-order valence-corrected chi connectivity index (χ1v) is 6.31. The van der Waals surface area contributed by atoms with Gasteiger partial charge in [-0.3, -0.25) is 0 Å². The van der Waals surface area contributed by atoms with Crippen molar-refractivity contribution in [2.75, 3.05) is 13.7 Å². The van der Waals surface area contributed by atoms with Gasteiger partial charge in [0.1, 0.15) is 0 Å². The van der Waals surface area contributed by atoms with Gasteiger partial charge in [0.05, 0.1) is 7.11 Å². The first-order chi connectivity index (χ1) is 7.72. The van der Waals surface area contributed by atoms with Gasteiger partial charge in [-0.05, 0) is 31.5 Å². The van der Waals surface area contributed by atoms with Gasteiger partial charge in [-0.2, -0.15) is 0 Å². The van der Waals surface area contributed by atoms with Gasteiger partial charge in [0.15, 0.2) is 11.5 Å². The molecule has 1 fully saturated rings. The fraction of sp³-hybridized carbons (Fsp3) is 0.500. The van der Waals surface area contributed by atoms with Crippen molar-refractivity contribution in [2.24, 2.45) is 0 Å². The molecule has 0 saturated carbocycles. The van der Waals surface area contributed by atoms with Crippen molar-refractivity contribution in [1.29, 1.82) is 0 Å². The molecular formula is C12H17BrClNO2. The van der Waals surface area contributed by atoms with Crippen LogP contribution in [0.1, 0.15) is 30.9 Å². The third-order valence-corrected chi connectivity index (χ3v) is 3.43. The molecule has 3 nitrogen and oxygen atoms in total. The molecule has 0 bridgehead atoms. The van der Waals surface area contributed by atoms with Crippen molar-refractivity contribution in [3.8, 4) is 11.5 Å². The van der Waals surface area contributed by atoms with Crippen LogP contribution in [0.4, 0.5) is 0 Å². The van der Waals surface area contributed by atoms with Crippen molar-refractivity contribution in [1.82, 2.24) is 5.32 Å². The van der Waals surface area contributed by atoms with Crippen LogP contribution in [-0.2, 0) is 0 Å². The molecule has 1 heterocycles. The summed E-state index contributed by atoms with van der Waals surface area (Å²) in [6.45, 7) is 1.01. The highest BCUT2D eigenvalue weighted by molar-refractivity contribution is 9.10. The predicted molar refractivity (Wildman–Crippen MR) is 74.2 cm³/mol. The molecule has 1 saturated heterocycles. The van der Waals surface area contributed by atoms with E-state index in [1.165, 1.54) is 12.8 Å². The Morgan fingerprint density at radius 3 is 2.76 bits per heavy atom. The fourth-order valence-electron chi connectivity index (χ4n) is 2.13. The number of benzene rings is 1. The zero-order valence-electron chi connectivity index (χ0n) is 9.70. The number of halogens is 2. The van der Waals surface area contributed by atoms with Gasteiger partial charge in [0.2, 0.25) is 0 Å². The third-order valence-electron chi connectivity index (χ3n) is 2.97. The van der Waals surface area contributed by atoms with Gasteiger partial charge < -0.3 is 15.2 Å².